The molecular weight excluding hydrogens is 564 g/mol. The second-order valence-corrected chi connectivity index (χ2v) is 10.0. The minimum atomic E-state index is -0.618. The van der Waals surface area contributed by atoms with Crippen molar-refractivity contribution in [3.05, 3.63) is 54.1 Å². The highest BCUT2D eigenvalue weighted by Gasteiger charge is 2.26. The van der Waals surface area contributed by atoms with E-state index in [0.717, 1.165) is 35.1 Å². The van der Waals surface area contributed by atoms with Crippen LogP contribution in [0, 0.1) is 0 Å². The van der Waals surface area contributed by atoms with Crippen molar-refractivity contribution in [1.29, 1.82) is 0 Å². The molecule has 0 saturated carbocycles. The molecule has 0 bridgehead atoms. The maximum atomic E-state index is 13.8. The number of amides is 4. The number of likely N-dealkylation sites (N-methyl/N-ethyl adjacent to an activating group) is 1. The van der Waals surface area contributed by atoms with Crippen LogP contribution in [-0.2, 0) is 25.7 Å². The Hall–Kier alpha value is -4.81. The van der Waals surface area contributed by atoms with Crippen LogP contribution in [0.5, 0.6) is 0 Å². The molecule has 2 aromatic carbocycles. The first-order chi connectivity index (χ1) is 21.3. The molecule has 0 aliphatic heterocycles. The molecule has 0 unspecified atom stereocenters. The number of carbonyl (C=O) groups is 4. The van der Waals surface area contributed by atoms with E-state index in [1.165, 1.54) is 4.90 Å². The van der Waals surface area contributed by atoms with Crippen molar-refractivity contribution in [2.24, 2.45) is 0 Å². The van der Waals surface area contributed by atoms with Crippen LogP contribution in [0.4, 0.5) is 4.79 Å². The number of rotatable bonds is 16. The first-order valence-electron chi connectivity index (χ1n) is 15.0. The fraction of sp³-hybridized carbons (Fsp3) is 0.452. The zero-order valence-electron chi connectivity index (χ0n) is 25.9. The molecule has 13 nitrogen and oxygen atoms in total. The van der Waals surface area contributed by atoms with E-state index in [1.54, 1.807) is 16.7 Å². The number of hydrogen-bond acceptors (Lipinski definition) is 8. The Morgan fingerprint density at radius 3 is 2.18 bits per heavy atom. The Morgan fingerprint density at radius 2 is 1.57 bits per heavy atom. The standard InChI is InChI=1S/C31H42N8O5/c1-5-9-18-38(20-23-14-16-24(17-15-23)25-12-10-11-13-26(25)30-33-35-36-34-30)31(43)39(22-29(42)44-8-4)21-27(40)32-19-28(41)37(6-2)7-3/h10-17H,5-9,18-22H2,1-4H3,(H,32,40)(H,33,34,35,36). The van der Waals surface area contributed by atoms with Crippen molar-refractivity contribution in [2.75, 3.05) is 45.9 Å². The number of nitrogens with zero attached hydrogens (tertiary/aromatic N) is 6. The number of ether oxygens (including phenoxy) is 1. The number of carbonyl (C=O) groups excluding carboxylic acids is 4. The highest BCUT2D eigenvalue weighted by molar-refractivity contribution is 5.89. The monoisotopic (exact) mass is 606 g/mol. The summed E-state index contributed by atoms with van der Waals surface area (Å²) in [5, 5.41) is 16.9. The predicted molar refractivity (Wildman–Crippen MR) is 165 cm³/mol. The number of nitrogens with one attached hydrogen (secondary N) is 2. The molecule has 0 atom stereocenters. The minimum Gasteiger partial charge on any atom is -0.465 e. The lowest BCUT2D eigenvalue weighted by molar-refractivity contribution is -0.144. The van der Waals surface area contributed by atoms with Crippen molar-refractivity contribution in [3.8, 4) is 22.5 Å². The van der Waals surface area contributed by atoms with Gasteiger partial charge in [-0.1, -0.05) is 61.9 Å². The quantitative estimate of drug-likeness (QED) is 0.236. The first kappa shape index (κ1) is 33.7. The van der Waals surface area contributed by atoms with Gasteiger partial charge in [0.1, 0.15) is 13.1 Å². The SMILES string of the molecule is CCCCN(Cc1ccc(-c2ccccc2-c2nn[nH]n2)cc1)C(=O)N(CC(=O)NCC(=O)N(CC)CC)CC(=O)OCC. The number of esters is 1. The van der Waals surface area contributed by atoms with Crippen LogP contribution in [0.2, 0.25) is 0 Å². The maximum absolute atomic E-state index is 13.8. The van der Waals surface area contributed by atoms with Crippen LogP contribution in [-0.4, -0.2) is 105 Å². The number of benzene rings is 2. The minimum absolute atomic E-state index is 0.146. The van der Waals surface area contributed by atoms with Crippen LogP contribution in [0.25, 0.3) is 22.5 Å². The molecule has 3 aromatic rings. The molecule has 1 aromatic heterocycles. The van der Waals surface area contributed by atoms with Crippen LogP contribution in [0.1, 0.15) is 46.1 Å². The third-order valence-electron chi connectivity index (χ3n) is 6.99. The summed E-state index contributed by atoms with van der Waals surface area (Å²) < 4.78 is 5.08. The Morgan fingerprint density at radius 1 is 0.864 bits per heavy atom. The second kappa shape index (κ2) is 17.3. The van der Waals surface area contributed by atoms with Crippen LogP contribution in [0.15, 0.2) is 48.5 Å². The Labute approximate surface area is 257 Å². The third kappa shape index (κ3) is 9.61. The van der Waals surface area contributed by atoms with Gasteiger partial charge in [0.15, 0.2) is 0 Å². The zero-order chi connectivity index (χ0) is 31.9. The summed E-state index contributed by atoms with van der Waals surface area (Å²) in [7, 11) is 0. The number of aromatic amines is 1. The van der Waals surface area contributed by atoms with Crippen LogP contribution >= 0.6 is 0 Å². The van der Waals surface area contributed by atoms with Gasteiger partial charge in [0, 0.05) is 31.7 Å². The van der Waals surface area contributed by atoms with Gasteiger partial charge in [-0.15, -0.1) is 10.2 Å². The molecule has 0 spiro atoms. The average Bonchev–Trinajstić information content (AvgIpc) is 3.57. The van der Waals surface area contributed by atoms with Crippen molar-refractivity contribution >= 4 is 23.8 Å². The largest absolute Gasteiger partial charge is 0.465 e. The van der Waals surface area contributed by atoms with Gasteiger partial charge in [-0.2, -0.15) is 5.21 Å². The topological polar surface area (TPSA) is 154 Å². The summed E-state index contributed by atoms with van der Waals surface area (Å²) in [6, 6.07) is 15.1. The van der Waals surface area contributed by atoms with E-state index >= 15 is 0 Å². The highest BCUT2D eigenvalue weighted by Crippen LogP contribution is 2.30. The summed E-state index contributed by atoms with van der Waals surface area (Å²) in [5.74, 6) is -0.889. The van der Waals surface area contributed by atoms with E-state index in [-0.39, 0.29) is 25.6 Å². The molecule has 2 N–H and O–H groups in total. The molecule has 1 heterocycles. The van der Waals surface area contributed by atoms with E-state index in [2.05, 4.69) is 25.9 Å². The van der Waals surface area contributed by atoms with Crippen molar-refractivity contribution < 1.29 is 23.9 Å². The van der Waals surface area contributed by atoms with Gasteiger partial charge in [-0.05, 0) is 49.1 Å². The Balaban J connectivity index is 1.77. The zero-order valence-corrected chi connectivity index (χ0v) is 25.9. The molecule has 4 amide bonds. The van der Waals surface area contributed by atoms with Crippen molar-refractivity contribution in [3.63, 3.8) is 0 Å². The Kier molecular flexibility index (Phi) is 13.3. The molecule has 44 heavy (non-hydrogen) atoms. The number of H-pyrrole nitrogens is 1. The van der Waals surface area contributed by atoms with Gasteiger partial charge in [0.2, 0.25) is 17.6 Å². The molecule has 0 aliphatic carbocycles. The van der Waals surface area contributed by atoms with Gasteiger partial charge >= 0.3 is 12.0 Å². The smallest absolute Gasteiger partial charge is 0.325 e. The fourth-order valence-corrected chi connectivity index (χ4v) is 4.65. The number of tetrazole rings is 1. The predicted octanol–water partition coefficient (Wildman–Crippen LogP) is 3.11. The number of unbranched alkanes of at least 4 members (excludes halogenated alkanes) is 1. The van der Waals surface area contributed by atoms with Crippen LogP contribution < -0.4 is 5.32 Å². The average molecular weight is 607 g/mol. The van der Waals surface area contributed by atoms with E-state index in [9.17, 15) is 19.2 Å². The maximum Gasteiger partial charge on any atom is 0.325 e. The summed E-state index contributed by atoms with van der Waals surface area (Å²) in [6.07, 6.45) is 1.58. The lowest BCUT2D eigenvalue weighted by Crippen LogP contribution is -2.50. The van der Waals surface area contributed by atoms with E-state index in [1.807, 2.05) is 69.3 Å². The molecule has 0 fully saturated rings. The highest BCUT2D eigenvalue weighted by atomic mass is 16.5. The fourth-order valence-electron chi connectivity index (χ4n) is 4.65. The molecular formula is C31H42N8O5. The van der Waals surface area contributed by atoms with Gasteiger partial charge in [-0.3, -0.25) is 14.4 Å². The normalized spacial score (nSPS) is 10.6. The van der Waals surface area contributed by atoms with Crippen molar-refractivity contribution in [2.45, 2.75) is 47.1 Å². The third-order valence-corrected chi connectivity index (χ3v) is 6.99. The summed E-state index contributed by atoms with van der Waals surface area (Å²) in [6.45, 7) is 8.34. The summed E-state index contributed by atoms with van der Waals surface area (Å²) in [5.41, 5.74) is 3.59. The van der Waals surface area contributed by atoms with E-state index in [0.29, 0.717) is 25.5 Å². The number of hydrogen-bond donors (Lipinski definition) is 2. The van der Waals surface area contributed by atoms with Gasteiger partial charge in [0.25, 0.3) is 0 Å². The van der Waals surface area contributed by atoms with Gasteiger partial charge in [-0.25, -0.2) is 4.79 Å². The Bertz CT molecular complexity index is 1360. The molecule has 0 radical (unpaired) electrons. The molecule has 0 saturated heterocycles. The number of aromatic nitrogens is 4. The van der Waals surface area contributed by atoms with E-state index < -0.39 is 31.0 Å². The lowest BCUT2D eigenvalue weighted by Gasteiger charge is -2.30. The second-order valence-electron chi connectivity index (χ2n) is 10.0. The first-order valence-corrected chi connectivity index (χ1v) is 15.0. The molecule has 13 heteroatoms. The van der Waals surface area contributed by atoms with Crippen molar-refractivity contribution in [1.82, 2.24) is 40.6 Å². The van der Waals surface area contributed by atoms with Gasteiger partial charge < -0.3 is 24.8 Å². The summed E-state index contributed by atoms with van der Waals surface area (Å²) >= 11 is 0. The van der Waals surface area contributed by atoms with E-state index in [4.69, 9.17) is 4.74 Å². The summed E-state index contributed by atoms with van der Waals surface area (Å²) in [4.78, 5) is 55.8. The lowest BCUT2D eigenvalue weighted by atomic mass is 9.98. The molecule has 236 valence electrons. The number of urea groups is 1. The molecule has 0 aliphatic rings. The van der Waals surface area contributed by atoms with Crippen LogP contribution in [0.3, 0.4) is 0 Å². The van der Waals surface area contributed by atoms with Gasteiger partial charge in [0.05, 0.1) is 13.2 Å². The molecule has 3 rings (SSSR count).